The number of aromatic nitrogens is 3. The molecule has 1 fully saturated rings. The molecule has 6 heteroatoms. The standard InChI is InChI=1S/C14H18N4OS/c1-2-3-12-15-13(17-16-12)14(19)18(11-4-5-11)8-10-6-7-20-9-10/h6-7,9,11H,2-5,8H2,1H3,(H,15,16,17). The predicted octanol–water partition coefficient (Wildman–Crippen LogP) is 2.62. The third kappa shape index (κ3) is 2.90. The first-order chi connectivity index (χ1) is 9.78. The molecule has 0 saturated heterocycles. The largest absolute Gasteiger partial charge is 0.329 e. The van der Waals surface area contributed by atoms with Crippen LogP contribution in [0.3, 0.4) is 0 Å². The Morgan fingerprint density at radius 2 is 2.40 bits per heavy atom. The second-order valence-corrected chi connectivity index (χ2v) is 5.93. The van der Waals surface area contributed by atoms with Crippen molar-refractivity contribution in [2.24, 2.45) is 0 Å². The number of aromatic amines is 1. The van der Waals surface area contributed by atoms with Gasteiger partial charge in [-0.2, -0.15) is 11.3 Å². The van der Waals surface area contributed by atoms with Gasteiger partial charge in [0.05, 0.1) is 0 Å². The molecule has 1 saturated carbocycles. The summed E-state index contributed by atoms with van der Waals surface area (Å²) in [7, 11) is 0. The third-order valence-corrected chi connectivity index (χ3v) is 4.12. The zero-order valence-corrected chi connectivity index (χ0v) is 12.3. The van der Waals surface area contributed by atoms with E-state index in [2.05, 4.69) is 33.6 Å². The van der Waals surface area contributed by atoms with Crippen molar-refractivity contribution in [1.82, 2.24) is 20.1 Å². The lowest BCUT2D eigenvalue weighted by Gasteiger charge is -2.20. The van der Waals surface area contributed by atoms with E-state index >= 15 is 0 Å². The van der Waals surface area contributed by atoms with Gasteiger partial charge >= 0.3 is 0 Å². The van der Waals surface area contributed by atoms with E-state index in [0.29, 0.717) is 18.4 Å². The molecule has 0 aromatic carbocycles. The lowest BCUT2D eigenvalue weighted by molar-refractivity contribution is 0.0718. The van der Waals surface area contributed by atoms with E-state index in [1.54, 1.807) is 11.3 Å². The van der Waals surface area contributed by atoms with Gasteiger partial charge in [-0.1, -0.05) is 6.92 Å². The van der Waals surface area contributed by atoms with Crippen molar-refractivity contribution >= 4 is 17.2 Å². The van der Waals surface area contributed by atoms with Crippen molar-refractivity contribution in [3.8, 4) is 0 Å². The first-order valence-corrected chi connectivity index (χ1v) is 7.95. The van der Waals surface area contributed by atoms with Crippen LogP contribution in [0.1, 0.15) is 48.2 Å². The number of nitrogens with one attached hydrogen (secondary N) is 1. The van der Waals surface area contributed by atoms with E-state index in [-0.39, 0.29) is 5.91 Å². The fourth-order valence-corrected chi connectivity index (χ4v) is 2.86. The smallest absolute Gasteiger partial charge is 0.294 e. The summed E-state index contributed by atoms with van der Waals surface area (Å²) < 4.78 is 0. The van der Waals surface area contributed by atoms with Crippen LogP contribution < -0.4 is 0 Å². The topological polar surface area (TPSA) is 61.9 Å². The number of hydrogen-bond donors (Lipinski definition) is 1. The van der Waals surface area contributed by atoms with E-state index in [4.69, 9.17) is 0 Å². The highest BCUT2D eigenvalue weighted by Gasteiger charge is 2.34. The van der Waals surface area contributed by atoms with Gasteiger partial charge in [0.25, 0.3) is 5.91 Å². The molecule has 0 bridgehead atoms. The summed E-state index contributed by atoms with van der Waals surface area (Å²) in [4.78, 5) is 18.8. The van der Waals surface area contributed by atoms with Gasteiger partial charge in [0.15, 0.2) is 0 Å². The SMILES string of the molecule is CCCc1nc(C(=O)N(Cc2ccsc2)C2CC2)n[nH]1. The van der Waals surface area contributed by atoms with Gasteiger partial charge in [-0.15, -0.1) is 5.10 Å². The molecule has 1 N–H and O–H groups in total. The molecule has 20 heavy (non-hydrogen) atoms. The summed E-state index contributed by atoms with van der Waals surface area (Å²) >= 11 is 1.66. The lowest BCUT2D eigenvalue weighted by atomic mass is 10.3. The fraction of sp³-hybridized carbons (Fsp3) is 0.500. The van der Waals surface area contributed by atoms with Gasteiger partial charge in [0.1, 0.15) is 5.82 Å². The summed E-state index contributed by atoms with van der Waals surface area (Å²) in [6.45, 7) is 2.74. The Labute approximate surface area is 122 Å². The minimum Gasteiger partial charge on any atom is -0.329 e. The minimum absolute atomic E-state index is 0.0581. The maximum Gasteiger partial charge on any atom is 0.294 e. The maximum absolute atomic E-state index is 12.6. The Kier molecular flexibility index (Phi) is 3.82. The molecule has 0 spiro atoms. The van der Waals surface area contributed by atoms with Crippen LogP contribution in [0.5, 0.6) is 0 Å². The van der Waals surface area contributed by atoms with Gasteiger partial charge in [0, 0.05) is 19.0 Å². The van der Waals surface area contributed by atoms with Gasteiger partial charge in [-0.05, 0) is 41.7 Å². The second-order valence-electron chi connectivity index (χ2n) is 5.15. The third-order valence-electron chi connectivity index (χ3n) is 3.39. The van der Waals surface area contributed by atoms with Crippen molar-refractivity contribution in [1.29, 1.82) is 0 Å². The first-order valence-electron chi connectivity index (χ1n) is 7.01. The van der Waals surface area contributed by atoms with Gasteiger partial charge < -0.3 is 4.90 Å². The highest BCUT2D eigenvalue weighted by molar-refractivity contribution is 7.07. The highest BCUT2D eigenvalue weighted by atomic mass is 32.1. The van der Waals surface area contributed by atoms with Crippen LogP contribution >= 0.6 is 11.3 Å². The second kappa shape index (κ2) is 5.75. The molecule has 2 aromatic rings. The normalized spacial score (nSPS) is 14.4. The van der Waals surface area contributed by atoms with Crippen molar-refractivity contribution in [2.45, 2.75) is 45.2 Å². The maximum atomic E-state index is 12.6. The summed E-state index contributed by atoms with van der Waals surface area (Å²) in [5.74, 6) is 1.04. The zero-order valence-electron chi connectivity index (χ0n) is 11.5. The number of carbonyl (C=O) groups excluding carboxylic acids is 1. The molecule has 0 radical (unpaired) electrons. The van der Waals surface area contributed by atoms with E-state index in [1.807, 2.05) is 10.3 Å². The monoisotopic (exact) mass is 290 g/mol. The number of hydrogen-bond acceptors (Lipinski definition) is 4. The molecular formula is C14H18N4OS. The molecule has 106 valence electrons. The molecule has 0 aliphatic heterocycles. The number of H-pyrrole nitrogens is 1. The summed E-state index contributed by atoms with van der Waals surface area (Å²) in [6, 6.07) is 2.42. The summed E-state index contributed by atoms with van der Waals surface area (Å²) in [6.07, 6.45) is 3.99. The summed E-state index contributed by atoms with van der Waals surface area (Å²) in [5, 5.41) is 11.0. The molecule has 0 atom stereocenters. The van der Waals surface area contributed by atoms with Crippen LogP contribution in [0, 0.1) is 0 Å². The fourth-order valence-electron chi connectivity index (χ4n) is 2.20. The number of amides is 1. The van der Waals surface area contributed by atoms with Crippen LogP contribution in [0.15, 0.2) is 16.8 Å². The van der Waals surface area contributed by atoms with Crippen LogP contribution in [0.4, 0.5) is 0 Å². The molecule has 3 rings (SSSR count). The number of nitrogens with zero attached hydrogens (tertiary/aromatic N) is 3. The quantitative estimate of drug-likeness (QED) is 0.889. The molecule has 1 aliphatic carbocycles. The molecule has 0 unspecified atom stereocenters. The Morgan fingerprint density at radius 3 is 3.05 bits per heavy atom. The van der Waals surface area contributed by atoms with E-state index in [9.17, 15) is 4.79 Å². The zero-order chi connectivity index (χ0) is 13.9. The average Bonchev–Trinajstić information content (AvgIpc) is 2.97. The number of carbonyl (C=O) groups is 1. The number of aryl methyl sites for hydroxylation is 1. The van der Waals surface area contributed by atoms with Crippen LogP contribution in [0.25, 0.3) is 0 Å². The van der Waals surface area contributed by atoms with Crippen molar-refractivity contribution < 1.29 is 4.79 Å². The van der Waals surface area contributed by atoms with Crippen LogP contribution in [-0.2, 0) is 13.0 Å². The van der Waals surface area contributed by atoms with Gasteiger partial charge in [-0.25, -0.2) is 4.98 Å². The van der Waals surface area contributed by atoms with Gasteiger partial charge in [-0.3, -0.25) is 9.89 Å². The van der Waals surface area contributed by atoms with E-state index < -0.39 is 0 Å². The van der Waals surface area contributed by atoms with Crippen molar-refractivity contribution in [2.75, 3.05) is 0 Å². The molecule has 1 amide bonds. The van der Waals surface area contributed by atoms with Crippen molar-refractivity contribution in [3.63, 3.8) is 0 Å². The Balaban J connectivity index is 1.74. The molecular weight excluding hydrogens is 272 g/mol. The molecule has 2 heterocycles. The molecule has 1 aliphatic rings. The van der Waals surface area contributed by atoms with Gasteiger partial charge in [0.2, 0.25) is 5.82 Å². The summed E-state index contributed by atoms with van der Waals surface area (Å²) in [5.41, 5.74) is 1.18. The van der Waals surface area contributed by atoms with Crippen molar-refractivity contribution in [3.05, 3.63) is 34.0 Å². The minimum atomic E-state index is -0.0581. The first kappa shape index (κ1) is 13.3. The number of thiophene rings is 1. The highest BCUT2D eigenvalue weighted by Crippen LogP contribution is 2.29. The van der Waals surface area contributed by atoms with E-state index in [1.165, 1.54) is 5.56 Å². The van der Waals surface area contributed by atoms with Crippen LogP contribution in [-0.4, -0.2) is 32.0 Å². The molecule has 2 aromatic heterocycles. The average molecular weight is 290 g/mol. The lowest BCUT2D eigenvalue weighted by Crippen LogP contribution is -2.33. The molecule has 5 nitrogen and oxygen atoms in total. The Hall–Kier alpha value is -1.69. The number of rotatable bonds is 6. The van der Waals surface area contributed by atoms with E-state index in [0.717, 1.165) is 31.5 Å². The van der Waals surface area contributed by atoms with Crippen LogP contribution in [0.2, 0.25) is 0 Å². The predicted molar refractivity (Wildman–Crippen MR) is 77.6 cm³/mol. The Morgan fingerprint density at radius 1 is 1.55 bits per heavy atom. The Bertz CT molecular complexity index is 574.